The average Bonchev–Trinajstić information content (AvgIpc) is 2.94. The summed E-state index contributed by atoms with van der Waals surface area (Å²) >= 11 is 0. The topological polar surface area (TPSA) is 88.1 Å². The Bertz CT molecular complexity index is 1060. The van der Waals surface area contributed by atoms with Gasteiger partial charge in [-0.05, 0) is 45.4 Å². The van der Waals surface area contributed by atoms with Crippen LogP contribution in [0.4, 0.5) is 0 Å². The van der Waals surface area contributed by atoms with Gasteiger partial charge < -0.3 is 18.8 Å². The van der Waals surface area contributed by atoms with Crippen LogP contribution in [-0.2, 0) is 29.6 Å². The highest BCUT2D eigenvalue weighted by molar-refractivity contribution is 7.90. The maximum absolute atomic E-state index is 12.9. The van der Waals surface area contributed by atoms with Crippen LogP contribution in [0.5, 0.6) is 5.75 Å². The maximum atomic E-state index is 12.9. The van der Waals surface area contributed by atoms with Gasteiger partial charge in [0.1, 0.15) is 11.3 Å². The molecule has 1 saturated heterocycles. The highest BCUT2D eigenvalue weighted by Crippen LogP contribution is 2.38. The molecule has 7 nitrogen and oxygen atoms in total. The molecule has 2 aromatic rings. The van der Waals surface area contributed by atoms with Gasteiger partial charge in [0.25, 0.3) is 0 Å². The van der Waals surface area contributed by atoms with Crippen LogP contribution in [0.1, 0.15) is 43.6 Å². The zero-order valence-corrected chi connectivity index (χ0v) is 19.4. The van der Waals surface area contributed by atoms with Crippen molar-refractivity contribution < 1.29 is 32.0 Å². The number of carbonyl (C=O) groups is 1. The summed E-state index contributed by atoms with van der Waals surface area (Å²) in [6, 6.07) is 11.3. The molecule has 0 radical (unpaired) electrons. The molecule has 3 rings (SSSR count). The second-order valence-electron chi connectivity index (χ2n) is 8.37. The summed E-state index contributed by atoms with van der Waals surface area (Å²) in [5.74, 6) is -0.916. The Hall–Kier alpha value is -2.36. The van der Waals surface area contributed by atoms with Gasteiger partial charge in [0, 0.05) is 5.46 Å². The van der Waals surface area contributed by atoms with Gasteiger partial charge in [-0.15, -0.1) is 0 Å². The minimum atomic E-state index is -3.70. The standard InChI is InChI=1S/C22H27BO7S/c1-21(2)22(3,4)30-23(29-21)17-13-12-15(18(19(17)27-5)20(24)28-6)14-31(25,26)16-10-8-7-9-11-16/h7-13H,14H2,1-6H3. The predicted octanol–water partition coefficient (Wildman–Crippen LogP) is 2.75. The quantitative estimate of drug-likeness (QED) is 0.498. The number of carbonyl (C=O) groups excluding carboxylic acids is 1. The summed E-state index contributed by atoms with van der Waals surface area (Å²) < 4.78 is 48.6. The van der Waals surface area contributed by atoms with E-state index in [1.165, 1.54) is 26.4 Å². The molecule has 166 valence electrons. The summed E-state index contributed by atoms with van der Waals surface area (Å²) in [5, 5.41) is 0. The van der Waals surface area contributed by atoms with E-state index in [2.05, 4.69) is 0 Å². The second kappa shape index (κ2) is 8.29. The lowest BCUT2D eigenvalue weighted by Gasteiger charge is -2.32. The van der Waals surface area contributed by atoms with Gasteiger partial charge >= 0.3 is 13.1 Å². The zero-order chi connectivity index (χ0) is 23.0. The Balaban J connectivity index is 2.10. The molecule has 0 N–H and O–H groups in total. The number of benzene rings is 2. The van der Waals surface area contributed by atoms with Crippen molar-refractivity contribution in [2.45, 2.75) is 49.5 Å². The normalized spacial score (nSPS) is 17.4. The Morgan fingerprint density at radius 3 is 2.06 bits per heavy atom. The Morgan fingerprint density at radius 2 is 1.55 bits per heavy atom. The lowest BCUT2D eigenvalue weighted by Crippen LogP contribution is -2.41. The molecular weight excluding hydrogens is 419 g/mol. The van der Waals surface area contributed by atoms with Crippen LogP contribution in [-0.4, -0.2) is 46.9 Å². The first kappa shape index (κ1) is 23.3. The van der Waals surface area contributed by atoms with Gasteiger partial charge in [-0.2, -0.15) is 0 Å². The smallest absolute Gasteiger partial charge is 0.496 e. The molecule has 2 aromatic carbocycles. The summed E-state index contributed by atoms with van der Waals surface area (Å²) in [6.07, 6.45) is 0. The zero-order valence-electron chi connectivity index (χ0n) is 18.6. The van der Waals surface area contributed by atoms with Crippen LogP contribution in [0.15, 0.2) is 47.4 Å². The third-order valence-electron chi connectivity index (χ3n) is 5.82. The molecule has 0 aromatic heterocycles. The molecule has 0 aliphatic carbocycles. The molecule has 1 aliphatic rings. The number of rotatable bonds is 6. The summed E-state index contributed by atoms with van der Waals surface area (Å²) in [7, 11) is -1.84. The number of methoxy groups -OCH3 is 2. The summed E-state index contributed by atoms with van der Waals surface area (Å²) in [6.45, 7) is 7.67. The first-order valence-electron chi connectivity index (χ1n) is 9.85. The third-order valence-corrected chi connectivity index (χ3v) is 7.50. The van der Waals surface area contributed by atoms with Crippen LogP contribution in [0, 0.1) is 0 Å². The molecule has 0 atom stereocenters. The fourth-order valence-corrected chi connectivity index (χ4v) is 4.77. The predicted molar refractivity (Wildman–Crippen MR) is 117 cm³/mol. The average molecular weight is 446 g/mol. The van der Waals surface area contributed by atoms with E-state index in [4.69, 9.17) is 18.8 Å². The first-order valence-corrected chi connectivity index (χ1v) is 11.5. The van der Waals surface area contributed by atoms with Gasteiger partial charge in [0.15, 0.2) is 9.84 Å². The SMILES string of the molecule is COC(=O)c1c(CS(=O)(=O)c2ccccc2)ccc(B2OC(C)(C)C(C)(C)O2)c1OC. The van der Waals surface area contributed by atoms with Crippen molar-refractivity contribution in [2.75, 3.05) is 14.2 Å². The highest BCUT2D eigenvalue weighted by Gasteiger charge is 2.53. The van der Waals surface area contributed by atoms with E-state index < -0.39 is 34.1 Å². The van der Waals surface area contributed by atoms with Gasteiger partial charge in [0.05, 0.1) is 36.1 Å². The number of ether oxygens (including phenoxy) is 2. The monoisotopic (exact) mass is 446 g/mol. The van der Waals surface area contributed by atoms with Crippen molar-refractivity contribution >= 4 is 28.4 Å². The minimum absolute atomic E-state index is 0.0386. The van der Waals surface area contributed by atoms with E-state index in [1.54, 1.807) is 30.3 Å². The Labute approximate surface area is 183 Å². The van der Waals surface area contributed by atoms with E-state index >= 15 is 0 Å². The van der Waals surface area contributed by atoms with Crippen LogP contribution in [0.3, 0.4) is 0 Å². The molecule has 0 unspecified atom stereocenters. The molecule has 9 heteroatoms. The molecule has 1 heterocycles. The molecular formula is C22H27BO7S. The van der Waals surface area contributed by atoms with E-state index in [0.29, 0.717) is 5.46 Å². The van der Waals surface area contributed by atoms with Crippen molar-refractivity contribution in [2.24, 2.45) is 0 Å². The van der Waals surface area contributed by atoms with Crippen molar-refractivity contribution in [1.82, 2.24) is 0 Å². The number of sulfone groups is 1. The second-order valence-corrected chi connectivity index (χ2v) is 10.4. The molecule has 31 heavy (non-hydrogen) atoms. The van der Waals surface area contributed by atoms with Crippen molar-refractivity contribution in [3.8, 4) is 5.75 Å². The van der Waals surface area contributed by atoms with Crippen molar-refractivity contribution in [3.05, 3.63) is 53.6 Å². The molecule has 0 spiro atoms. The van der Waals surface area contributed by atoms with Crippen LogP contribution < -0.4 is 10.2 Å². The van der Waals surface area contributed by atoms with E-state index in [1.807, 2.05) is 27.7 Å². The molecule has 1 aliphatic heterocycles. The fraction of sp³-hybridized carbons (Fsp3) is 0.409. The van der Waals surface area contributed by atoms with E-state index in [0.717, 1.165) is 0 Å². The lowest BCUT2D eigenvalue weighted by atomic mass is 9.76. The molecule has 0 amide bonds. The lowest BCUT2D eigenvalue weighted by molar-refractivity contribution is 0.00578. The molecule has 1 fully saturated rings. The van der Waals surface area contributed by atoms with Crippen LogP contribution in [0.2, 0.25) is 0 Å². The minimum Gasteiger partial charge on any atom is -0.496 e. The van der Waals surface area contributed by atoms with E-state index in [9.17, 15) is 13.2 Å². The van der Waals surface area contributed by atoms with Crippen molar-refractivity contribution in [1.29, 1.82) is 0 Å². The molecule has 0 saturated carbocycles. The first-order chi connectivity index (χ1) is 14.4. The highest BCUT2D eigenvalue weighted by atomic mass is 32.2. The van der Waals surface area contributed by atoms with Gasteiger partial charge in [0.2, 0.25) is 0 Å². The molecule has 0 bridgehead atoms. The number of esters is 1. The van der Waals surface area contributed by atoms with Gasteiger partial charge in [-0.3, -0.25) is 0 Å². The number of hydrogen-bond donors (Lipinski definition) is 0. The Kier molecular flexibility index (Phi) is 6.24. The van der Waals surface area contributed by atoms with Gasteiger partial charge in [-0.1, -0.05) is 30.3 Å². The maximum Gasteiger partial charge on any atom is 0.498 e. The van der Waals surface area contributed by atoms with Crippen LogP contribution in [0.25, 0.3) is 0 Å². The summed E-state index contributed by atoms with van der Waals surface area (Å²) in [4.78, 5) is 12.8. The number of hydrogen-bond acceptors (Lipinski definition) is 7. The largest absolute Gasteiger partial charge is 0.498 e. The fourth-order valence-electron chi connectivity index (χ4n) is 3.38. The summed E-state index contributed by atoms with van der Waals surface area (Å²) in [5.41, 5.74) is -0.390. The van der Waals surface area contributed by atoms with E-state index in [-0.39, 0.29) is 27.5 Å². The van der Waals surface area contributed by atoms with Crippen molar-refractivity contribution in [3.63, 3.8) is 0 Å². The third kappa shape index (κ3) is 4.35. The van der Waals surface area contributed by atoms with Crippen LogP contribution >= 0.6 is 0 Å². The van der Waals surface area contributed by atoms with Gasteiger partial charge in [-0.25, -0.2) is 13.2 Å². The Morgan fingerprint density at radius 1 is 0.968 bits per heavy atom.